The molecule has 3 aromatic rings. The third-order valence-electron chi connectivity index (χ3n) is 3.85. The quantitative estimate of drug-likeness (QED) is 0.746. The van der Waals surface area contributed by atoms with Crippen molar-refractivity contribution in [1.29, 1.82) is 0 Å². The fourth-order valence-corrected chi connectivity index (χ4v) is 2.82. The number of aromatic amines is 1. The van der Waals surface area contributed by atoms with Crippen molar-refractivity contribution in [2.24, 2.45) is 5.92 Å². The van der Waals surface area contributed by atoms with Crippen LogP contribution in [0.3, 0.4) is 0 Å². The molecule has 0 unspecified atom stereocenters. The van der Waals surface area contributed by atoms with Gasteiger partial charge in [0.05, 0.1) is 11.4 Å². The SMILES string of the molecule is Cc1cc(C)n(-c2cccc(NC(=O)c3cc(CC(C)C)[nH]n3)c2)n1. The van der Waals surface area contributed by atoms with Crippen LogP contribution in [-0.2, 0) is 6.42 Å². The lowest BCUT2D eigenvalue weighted by Crippen LogP contribution is -2.12. The van der Waals surface area contributed by atoms with Crippen LogP contribution < -0.4 is 5.32 Å². The standard InChI is InChI=1S/C19H23N5O/c1-12(2)8-16-11-18(22-21-16)19(25)20-15-6-5-7-17(10-15)24-14(4)9-13(3)23-24/h5-7,9-12H,8H2,1-4H3,(H,20,25)(H,21,22). The van der Waals surface area contributed by atoms with Crippen molar-refractivity contribution in [1.82, 2.24) is 20.0 Å². The third-order valence-corrected chi connectivity index (χ3v) is 3.85. The minimum absolute atomic E-state index is 0.225. The number of amides is 1. The fourth-order valence-electron chi connectivity index (χ4n) is 2.82. The van der Waals surface area contributed by atoms with Crippen LogP contribution in [-0.4, -0.2) is 25.9 Å². The lowest BCUT2D eigenvalue weighted by molar-refractivity contribution is 0.102. The van der Waals surface area contributed by atoms with E-state index in [0.29, 0.717) is 17.3 Å². The molecule has 1 aromatic carbocycles. The summed E-state index contributed by atoms with van der Waals surface area (Å²) in [7, 11) is 0. The maximum atomic E-state index is 12.4. The number of hydrogen-bond acceptors (Lipinski definition) is 3. The summed E-state index contributed by atoms with van der Waals surface area (Å²) in [6, 6.07) is 11.4. The summed E-state index contributed by atoms with van der Waals surface area (Å²) in [5.41, 5.74) is 4.99. The first kappa shape index (κ1) is 17.0. The first-order chi connectivity index (χ1) is 11.9. The molecule has 1 amide bonds. The summed E-state index contributed by atoms with van der Waals surface area (Å²) in [6.07, 6.45) is 0.869. The van der Waals surface area contributed by atoms with Crippen LogP contribution in [0.15, 0.2) is 36.4 Å². The number of rotatable bonds is 5. The number of aromatic nitrogens is 4. The van der Waals surface area contributed by atoms with Crippen LogP contribution in [0.4, 0.5) is 5.69 Å². The van der Waals surface area contributed by atoms with Gasteiger partial charge in [-0.15, -0.1) is 0 Å². The van der Waals surface area contributed by atoms with Gasteiger partial charge in [-0.25, -0.2) is 4.68 Å². The van der Waals surface area contributed by atoms with Gasteiger partial charge in [0.2, 0.25) is 0 Å². The monoisotopic (exact) mass is 337 g/mol. The molecule has 2 N–H and O–H groups in total. The minimum Gasteiger partial charge on any atom is -0.321 e. The molecule has 0 spiro atoms. The van der Waals surface area contributed by atoms with E-state index in [0.717, 1.165) is 29.2 Å². The Balaban J connectivity index is 1.77. The second-order valence-corrected chi connectivity index (χ2v) is 6.72. The Kier molecular flexibility index (Phi) is 4.70. The smallest absolute Gasteiger partial charge is 0.276 e. The van der Waals surface area contributed by atoms with Crippen molar-refractivity contribution in [2.75, 3.05) is 5.32 Å². The van der Waals surface area contributed by atoms with Gasteiger partial charge in [-0.05, 0) is 56.5 Å². The lowest BCUT2D eigenvalue weighted by atomic mass is 10.1. The predicted molar refractivity (Wildman–Crippen MR) is 98.1 cm³/mol. The van der Waals surface area contributed by atoms with Gasteiger partial charge in [0.15, 0.2) is 5.69 Å². The number of nitrogens with zero attached hydrogens (tertiary/aromatic N) is 3. The minimum atomic E-state index is -0.225. The van der Waals surface area contributed by atoms with E-state index in [9.17, 15) is 4.79 Å². The van der Waals surface area contributed by atoms with Crippen LogP contribution >= 0.6 is 0 Å². The maximum Gasteiger partial charge on any atom is 0.276 e. The Labute approximate surface area is 147 Å². The Morgan fingerprint density at radius 1 is 1.24 bits per heavy atom. The van der Waals surface area contributed by atoms with Gasteiger partial charge in [0.1, 0.15) is 0 Å². The highest BCUT2D eigenvalue weighted by Gasteiger charge is 2.12. The molecular weight excluding hydrogens is 314 g/mol. The molecule has 6 heteroatoms. The van der Waals surface area contributed by atoms with Gasteiger partial charge >= 0.3 is 0 Å². The second kappa shape index (κ2) is 6.93. The van der Waals surface area contributed by atoms with Gasteiger partial charge in [0, 0.05) is 17.1 Å². The van der Waals surface area contributed by atoms with Crippen molar-refractivity contribution in [3.8, 4) is 5.69 Å². The van der Waals surface area contributed by atoms with E-state index in [1.165, 1.54) is 0 Å². The Hall–Kier alpha value is -2.89. The molecule has 0 atom stereocenters. The van der Waals surface area contributed by atoms with Crippen molar-refractivity contribution in [2.45, 2.75) is 34.1 Å². The molecule has 0 aliphatic rings. The molecule has 2 aromatic heterocycles. The van der Waals surface area contributed by atoms with E-state index in [4.69, 9.17) is 0 Å². The number of anilines is 1. The Morgan fingerprint density at radius 3 is 2.72 bits per heavy atom. The maximum absolute atomic E-state index is 12.4. The number of aryl methyl sites for hydroxylation is 2. The molecule has 0 aliphatic heterocycles. The second-order valence-electron chi connectivity index (χ2n) is 6.72. The average Bonchev–Trinajstić information content (AvgIpc) is 3.13. The summed E-state index contributed by atoms with van der Waals surface area (Å²) in [5, 5.41) is 14.4. The Bertz CT molecular complexity index is 891. The van der Waals surface area contributed by atoms with E-state index in [-0.39, 0.29) is 5.91 Å². The Morgan fingerprint density at radius 2 is 2.04 bits per heavy atom. The highest BCUT2D eigenvalue weighted by molar-refractivity contribution is 6.03. The van der Waals surface area contributed by atoms with Crippen molar-refractivity contribution in [3.05, 3.63) is 59.2 Å². The molecule has 130 valence electrons. The number of carbonyl (C=O) groups is 1. The van der Waals surface area contributed by atoms with E-state index in [1.807, 2.05) is 48.9 Å². The largest absolute Gasteiger partial charge is 0.321 e. The van der Waals surface area contributed by atoms with Gasteiger partial charge in [-0.3, -0.25) is 9.89 Å². The summed E-state index contributed by atoms with van der Waals surface area (Å²) in [4.78, 5) is 12.4. The van der Waals surface area contributed by atoms with Crippen LogP contribution in [0.1, 0.15) is 41.4 Å². The molecule has 6 nitrogen and oxygen atoms in total. The van der Waals surface area contributed by atoms with Crippen LogP contribution in [0, 0.1) is 19.8 Å². The van der Waals surface area contributed by atoms with Crippen LogP contribution in [0.5, 0.6) is 0 Å². The van der Waals surface area contributed by atoms with E-state index in [1.54, 1.807) is 6.07 Å². The first-order valence-electron chi connectivity index (χ1n) is 8.41. The molecule has 0 saturated heterocycles. The number of H-pyrrole nitrogens is 1. The van der Waals surface area contributed by atoms with Crippen molar-refractivity contribution < 1.29 is 4.79 Å². The topological polar surface area (TPSA) is 75.6 Å². The highest BCUT2D eigenvalue weighted by atomic mass is 16.1. The lowest BCUT2D eigenvalue weighted by Gasteiger charge is -2.08. The number of carbonyl (C=O) groups excluding carboxylic acids is 1. The van der Waals surface area contributed by atoms with E-state index < -0.39 is 0 Å². The summed E-state index contributed by atoms with van der Waals surface area (Å²) < 4.78 is 1.86. The zero-order valence-electron chi connectivity index (χ0n) is 15.0. The van der Waals surface area contributed by atoms with Gasteiger partial charge in [-0.1, -0.05) is 19.9 Å². The van der Waals surface area contributed by atoms with Gasteiger partial charge < -0.3 is 5.32 Å². The first-order valence-corrected chi connectivity index (χ1v) is 8.41. The predicted octanol–water partition coefficient (Wildman–Crippen LogP) is 3.66. The zero-order chi connectivity index (χ0) is 18.0. The van der Waals surface area contributed by atoms with Crippen molar-refractivity contribution >= 4 is 11.6 Å². The molecule has 0 bridgehead atoms. The summed E-state index contributed by atoms with van der Waals surface area (Å²) >= 11 is 0. The zero-order valence-corrected chi connectivity index (χ0v) is 15.0. The molecular formula is C19H23N5O. The average molecular weight is 337 g/mol. The molecule has 0 fully saturated rings. The summed E-state index contributed by atoms with van der Waals surface area (Å²) in [6.45, 7) is 8.23. The van der Waals surface area contributed by atoms with Gasteiger partial charge in [0.25, 0.3) is 5.91 Å². The molecule has 3 rings (SSSR count). The van der Waals surface area contributed by atoms with Crippen molar-refractivity contribution in [3.63, 3.8) is 0 Å². The molecule has 0 radical (unpaired) electrons. The third kappa shape index (κ3) is 3.96. The highest BCUT2D eigenvalue weighted by Crippen LogP contribution is 2.17. The normalized spacial score (nSPS) is 11.1. The van der Waals surface area contributed by atoms with Gasteiger partial charge in [-0.2, -0.15) is 10.2 Å². The summed E-state index contributed by atoms with van der Waals surface area (Å²) in [5.74, 6) is 0.283. The molecule has 0 aliphatic carbocycles. The molecule has 25 heavy (non-hydrogen) atoms. The van der Waals surface area contributed by atoms with Crippen LogP contribution in [0.2, 0.25) is 0 Å². The number of nitrogens with one attached hydrogen (secondary N) is 2. The van der Waals surface area contributed by atoms with E-state index in [2.05, 4.69) is 34.5 Å². The molecule has 2 heterocycles. The number of hydrogen-bond donors (Lipinski definition) is 2. The van der Waals surface area contributed by atoms with E-state index >= 15 is 0 Å². The van der Waals surface area contributed by atoms with Crippen LogP contribution in [0.25, 0.3) is 5.69 Å². The molecule has 0 saturated carbocycles. The number of benzene rings is 1. The fraction of sp³-hybridized carbons (Fsp3) is 0.316.